The molecule has 0 aliphatic heterocycles. The zero-order valence-electron chi connectivity index (χ0n) is 14.4. The van der Waals surface area contributed by atoms with Crippen LogP contribution in [0.4, 0.5) is 0 Å². The number of esters is 1. The molecule has 0 saturated carbocycles. The quantitative estimate of drug-likeness (QED) is 0.588. The number of rotatable bonds is 6. The van der Waals surface area contributed by atoms with Crippen molar-refractivity contribution in [1.82, 2.24) is 5.32 Å². The number of hydrogen-bond acceptors (Lipinski definition) is 4. The van der Waals surface area contributed by atoms with Crippen LogP contribution in [-0.2, 0) is 22.4 Å². The van der Waals surface area contributed by atoms with Gasteiger partial charge in [0.1, 0.15) is 6.54 Å². The van der Waals surface area contributed by atoms with Crippen molar-refractivity contribution in [3.8, 4) is 0 Å². The van der Waals surface area contributed by atoms with Gasteiger partial charge in [0.15, 0.2) is 12.4 Å². The minimum Gasteiger partial charge on any atom is -0.456 e. The summed E-state index contributed by atoms with van der Waals surface area (Å²) in [4.78, 5) is 36.0. The van der Waals surface area contributed by atoms with Crippen molar-refractivity contribution in [2.75, 3.05) is 13.2 Å². The zero-order chi connectivity index (χ0) is 19.4. The van der Waals surface area contributed by atoms with E-state index in [4.69, 9.17) is 27.9 Å². The van der Waals surface area contributed by atoms with Gasteiger partial charge < -0.3 is 10.1 Å². The fourth-order valence-electron chi connectivity index (χ4n) is 2.95. The molecule has 0 bridgehead atoms. The summed E-state index contributed by atoms with van der Waals surface area (Å²) >= 11 is 11.7. The third kappa shape index (κ3) is 4.87. The molecule has 0 atom stereocenters. The molecule has 1 aliphatic rings. The van der Waals surface area contributed by atoms with Gasteiger partial charge in [0, 0.05) is 10.6 Å². The second kappa shape index (κ2) is 8.55. The van der Waals surface area contributed by atoms with E-state index in [0.29, 0.717) is 10.6 Å². The zero-order valence-corrected chi connectivity index (χ0v) is 15.9. The minimum absolute atomic E-state index is 0.181. The molecule has 0 heterocycles. The van der Waals surface area contributed by atoms with Gasteiger partial charge >= 0.3 is 5.97 Å². The van der Waals surface area contributed by atoms with Gasteiger partial charge in [-0.05, 0) is 54.7 Å². The summed E-state index contributed by atoms with van der Waals surface area (Å²) in [6.07, 6.45) is 3.10. The van der Waals surface area contributed by atoms with Crippen molar-refractivity contribution in [2.24, 2.45) is 0 Å². The number of carbonyl (C=O) groups excluding carboxylic acids is 3. The van der Waals surface area contributed by atoms with Gasteiger partial charge in [-0.2, -0.15) is 0 Å². The van der Waals surface area contributed by atoms with Crippen LogP contribution in [0.25, 0.3) is 0 Å². The number of hydrogen-bond donors (Lipinski definition) is 1. The van der Waals surface area contributed by atoms with Gasteiger partial charge in [0.05, 0.1) is 10.6 Å². The fourth-order valence-corrected chi connectivity index (χ4v) is 3.44. The van der Waals surface area contributed by atoms with Gasteiger partial charge in [-0.1, -0.05) is 35.3 Å². The molecular formula is C20H17Cl2NO4. The molecule has 0 saturated heterocycles. The summed E-state index contributed by atoms with van der Waals surface area (Å²) < 4.78 is 4.96. The maximum absolute atomic E-state index is 12.2. The van der Waals surface area contributed by atoms with Crippen molar-refractivity contribution < 1.29 is 19.1 Å². The van der Waals surface area contributed by atoms with Crippen LogP contribution >= 0.6 is 23.2 Å². The Morgan fingerprint density at radius 1 is 1.00 bits per heavy atom. The topological polar surface area (TPSA) is 72.5 Å². The molecule has 0 radical (unpaired) electrons. The largest absolute Gasteiger partial charge is 0.456 e. The Morgan fingerprint density at radius 2 is 1.78 bits per heavy atom. The number of ketones is 1. The average Bonchev–Trinajstić information content (AvgIpc) is 3.11. The van der Waals surface area contributed by atoms with E-state index in [0.717, 1.165) is 19.3 Å². The molecule has 140 valence electrons. The lowest BCUT2D eigenvalue weighted by Gasteiger charge is -2.08. The highest BCUT2D eigenvalue weighted by atomic mass is 35.5. The summed E-state index contributed by atoms with van der Waals surface area (Å²) in [5.74, 6) is -1.51. The van der Waals surface area contributed by atoms with E-state index in [1.807, 2.05) is 12.1 Å². The van der Waals surface area contributed by atoms with Crippen LogP contribution in [0.3, 0.4) is 0 Å². The minimum atomic E-state index is -0.706. The lowest BCUT2D eigenvalue weighted by Crippen LogP contribution is -2.31. The van der Waals surface area contributed by atoms with Gasteiger partial charge in [-0.25, -0.2) is 0 Å². The molecule has 0 aromatic heterocycles. The van der Waals surface area contributed by atoms with E-state index < -0.39 is 11.9 Å². The number of nitrogens with one attached hydrogen (secondary N) is 1. The molecule has 1 N–H and O–H groups in total. The summed E-state index contributed by atoms with van der Waals surface area (Å²) in [5.41, 5.74) is 3.18. The molecule has 0 fully saturated rings. The predicted molar refractivity (Wildman–Crippen MR) is 103 cm³/mol. The maximum Gasteiger partial charge on any atom is 0.325 e. The lowest BCUT2D eigenvalue weighted by atomic mass is 10.0. The number of aryl methyl sites for hydroxylation is 2. The van der Waals surface area contributed by atoms with Gasteiger partial charge in [-0.3, -0.25) is 14.4 Å². The molecule has 5 nitrogen and oxygen atoms in total. The van der Waals surface area contributed by atoms with E-state index in [9.17, 15) is 14.4 Å². The molecule has 1 aliphatic carbocycles. The number of benzene rings is 2. The van der Waals surface area contributed by atoms with Crippen LogP contribution in [0.15, 0.2) is 36.4 Å². The van der Waals surface area contributed by atoms with Crippen LogP contribution in [-0.4, -0.2) is 30.8 Å². The number of amides is 1. The molecule has 3 rings (SSSR count). The van der Waals surface area contributed by atoms with Crippen LogP contribution in [0.1, 0.15) is 38.3 Å². The molecular weight excluding hydrogens is 389 g/mol. The van der Waals surface area contributed by atoms with Gasteiger partial charge in [-0.15, -0.1) is 0 Å². The molecule has 2 aromatic rings. The summed E-state index contributed by atoms with van der Waals surface area (Å²) in [5, 5.41) is 2.99. The normalized spacial score (nSPS) is 12.4. The first-order valence-corrected chi connectivity index (χ1v) is 9.23. The number of Topliss-reactive ketones (excluding diaryl/α,β-unsaturated/α-hetero) is 1. The van der Waals surface area contributed by atoms with Crippen LogP contribution < -0.4 is 5.32 Å². The standard InChI is InChI=1S/C20H17Cl2NO4/c21-15-6-7-16(17(22)9-15)20(26)23-10-19(25)27-11-18(24)14-5-4-12-2-1-3-13(12)8-14/h4-9H,1-3,10-11H2,(H,23,26). The Hall–Kier alpha value is -2.37. The first-order chi connectivity index (χ1) is 12.9. The second-order valence-electron chi connectivity index (χ2n) is 6.23. The maximum atomic E-state index is 12.2. The Balaban J connectivity index is 1.48. The van der Waals surface area contributed by atoms with Crippen molar-refractivity contribution in [1.29, 1.82) is 0 Å². The molecule has 0 unspecified atom stereocenters. The summed E-state index contributed by atoms with van der Waals surface area (Å²) in [6, 6.07) is 9.99. The number of halogens is 2. The monoisotopic (exact) mass is 405 g/mol. The number of fused-ring (bicyclic) bond motifs is 1. The van der Waals surface area contributed by atoms with E-state index in [1.165, 1.54) is 29.3 Å². The van der Waals surface area contributed by atoms with Gasteiger partial charge in [0.2, 0.25) is 0 Å². The van der Waals surface area contributed by atoms with Crippen LogP contribution in [0, 0.1) is 0 Å². The second-order valence-corrected chi connectivity index (χ2v) is 7.07. The van der Waals surface area contributed by atoms with Crippen LogP contribution in [0.2, 0.25) is 10.0 Å². The summed E-state index contributed by atoms with van der Waals surface area (Å²) in [6.45, 7) is -0.732. The first-order valence-electron chi connectivity index (χ1n) is 8.48. The molecule has 0 spiro atoms. The van der Waals surface area contributed by atoms with Crippen molar-refractivity contribution >= 4 is 40.9 Å². The first kappa shape index (κ1) is 19.4. The molecule has 27 heavy (non-hydrogen) atoms. The van der Waals surface area contributed by atoms with E-state index >= 15 is 0 Å². The van der Waals surface area contributed by atoms with Crippen molar-refractivity contribution in [2.45, 2.75) is 19.3 Å². The van der Waals surface area contributed by atoms with Gasteiger partial charge in [0.25, 0.3) is 5.91 Å². The number of carbonyl (C=O) groups is 3. The van der Waals surface area contributed by atoms with Crippen LogP contribution in [0.5, 0.6) is 0 Å². The molecule has 7 heteroatoms. The average molecular weight is 406 g/mol. The smallest absolute Gasteiger partial charge is 0.325 e. The Bertz CT molecular complexity index is 911. The fraction of sp³-hybridized carbons (Fsp3) is 0.250. The molecule has 2 aromatic carbocycles. The third-order valence-electron chi connectivity index (χ3n) is 4.35. The highest BCUT2D eigenvalue weighted by molar-refractivity contribution is 6.36. The third-order valence-corrected chi connectivity index (χ3v) is 4.90. The SMILES string of the molecule is O=C(CNC(=O)c1ccc(Cl)cc1Cl)OCC(=O)c1ccc2c(c1)CCC2. The highest BCUT2D eigenvalue weighted by Crippen LogP contribution is 2.23. The Morgan fingerprint density at radius 3 is 2.56 bits per heavy atom. The summed E-state index contributed by atoms with van der Waals surface area (Å²) in [7, 11) is 0. The van der Waals surface area contributed by atoms with Crippen molar-refractivity contribution in [3.63, 3.8) is 0 Å². The Labute approximate surface area is 166 Å². The predicted octanol–water partition coefficient (Wildman–Crippen LogP) is 3.64. The van der Waals surface area contributed by atoms with E-state index in [1.54, 1.807) is 6.07 Å². The molecule has 1 amide bonds. The van der Waals surface area contributed by atoms with E-state index in [2.05, 4.69) is 5.32 Å². The Kier molecular flexibility index (Phi) is 6.14. The number of ether oxygens (including phenoxy) is 1. The lowest BCUT2D eigenvalue weighted by molar-refractivity contribution is -0.141. The highest BCUT2D eigenvalue weighted by Gasteiger charge is 2.16. The van der Waals surface area contributed by atoms with E-state index in [-0.39, 0.29) is 29.5 Å². The van der Waals surface area contributed by atoms with Crippen molar-refractivity contribution in [3.05, 3.63) is 68.7 Å².